The Morgan fingerprint density at radius 3 is 2.21 bits per heavy atom. The molecule has 1 saturated heterocycles. The molecule has 1 rings (SSSR count). The van der Waals surface area contributed by atoms with E-state index in [0.717, 1.165) is 25.9 Å². The summed E-state index contributed by atoms with van der Waals surface area (Å²) in [6, 6.07) is 0. The maximum absolute atomic E-state index is 12.2. The van der Waals surface area contributed by atoms with E-state index in [4.69, 9.17) is 5.73 Å². The summed E-state index contributed by atoms with van der Waals surface area (Å²) in [6.45, 7) is 5.98. The SMILES string of the molecule is CCC(CC)(CN)C(=O)NCC(=O)N1CCCCC1. The molecule has 0 aromatic heterocycles. The highest BCUT2D eigenvalue weighted by molar-refractivity contribution is 5.88. The minimum atomic E-state index is -0.526. The molecule has 0 unspecified atom stereocenters. The number of hydrogen-bond donors (Lipinski definition) is 2. The summed E-state index contributed by atoms with van der Waals surface area (Å²) in [4.78, 5) is 26.0. The van der Waals surface area contributed by atoms with Crippen LogP contribution in [0.3, 0.4) is 0 Å². The van der Waals surface area contributed by atoms with E-state index < -0.39 is 5.41 Å². The fourth-order valence-electron chi connectivity index (χ4n) is 2.55. The van der Waals surface area contributed by atoms with E-state index in [1.807, 2.05) is 18.7 Å². The summed E-state index contributed by atoms with van der Waals surface area (Å²) in [7, 11) is 0. The van der Waals surface area contributed by atoms with Crippen molar-refractivity contribution >= 4 is 11.8 Å². The van der Waals surface area contributed by atoms with E-state index in [0.29, 0.717) is 19.4 Å². The molecular weight excluding hydrogens is 242 g/mol. The molecule has 1 fully saturated rings. The van der Waals surface area contributed by atoms with Crippen molar-refractivity contribution in [2.45, 2.75) is 46.0 Å². The minimum absolute atomic E-state index is 0.0196. The van der Waals surface area contributed by atoms with Crippen molar-refractivity contribution in [2.24, 2.45) is 11.1 Å². The summed E-state index contributed by atoms with van der Waals surface area (Å²) in [5, 5.41) is 2.76. The number of hydrogen-bond acceptors (Lipinski definition) is 3. The number of piperidine rings is 1. The number of nitrogens with zero attached hydrogens (tertiary/aromatic N) is 1. The van der Waals surface area contributed by atoms with Crippen molar-refractivity contribution < 1.29 is 9.59 Å². The number of nitrogens with one attached hydrogen (secondary N) is 1. The van der Waals surface area contributed by atoms with Crippen LogP contribution in [0.4, 0.5) is 0 Å². The molecule has 0 aromatic carbocycles. The monoisotopic (exact) mass is 269 g/mol. The number of nitrogens with two attached hydrogens (primary N) is 1. The summed E-state index contributed by atoms with van der Waals surface area (Å²) in [6.07, 6.45) is 4.72. The first-order valence-electron chi connectivity index (χ1n) is 7.35. The fourth-order valence-corrected chi connectivity index (χ4v) is 2.55. The lowest BCUT2D eigenvalue weighted by Gasteiger charge is -2.30. The van der Waals surface area contributed by atoms with E-state index in [1.165, 1.54) is 6.42 Å². The first kappa shape index (κ1) is 16.0. The van der Waals surface area contributed by atoms with Crippen LogP contribution >= 0.6 is 0 Å². The van der Waals surface area contributed by atoms with Crippen LogP contribution in [0.25, 0.3) is 0 Å². The molecule has 2 amide bonds. The Hall–Kier alpha value is -1.10. The zero-order valence-corrected chi connectivity index (χ0v) is 12.2. The Labute approximate surface area is 115 Å². The highest BCUT2D eigenvalue weighted by Gasteiger charge is 2.33. The Morgan fingerprint density at radius 2 is 1.74 bits per heavy atom. The van der Waals surface area contributed by atoms with Gasteiger partial charge in [-0.2, -0.15) is 0 Å². The highest BCUT2D eigenvalue weighted by atomic mass is 16.2. The number of amides is 2. The average Bonchev–Trinajstić information content (AvgIpc) is 2.48. The van der Waals surface area contributed by atoms with Crippen LogP contribution in [-0.2, 0) is 9.59 Å². The largest absolute Gasteiger partial charge is 0.347 e. The van der Waals surface area contributed by atoms with Crippen LogP contribution in [0.1, 0.15) is 46.0 Å². The van der Waals surface area contributed by atoms with Gasteiger partial charge < -0.3 is 16.0 Å². The Bertz CT molecular complexity index is 300. The smallest absolute Gasteiger partial charge is 0.241 e. The van der Waals surface area contributed by atoms with E-state index in [1.54, 1.807) is 0 Å². The first-order chi connectivity index (χ1) is 9.09. The lowest BCUT2D eigenvalue weighted by Crippen LogP contribution is -2.49. The van der Waals surface area contributed by atoms with E-state index >= 15 is 0 Å². The van der Waals surface area contributed by atoms with Gasteiger partial charge in [-0.3, -0.25) is 9.59 Å². The Kier molecular flexibility index (Phi) is 6.28. The fraction of sp³-hybridized carbons (Fsp3) is 0.857. The lowest BCUT2D eigenvalue weighted by molar-refractivity contribution is -0.137. The predicted molar refractivity (Wildman–Crippen MR) is 75.5 cm³/mol. The van der Waals surface area contributed by atoms with Crippen molar-refractivity contribution in [2.75, 3.05) is 26.2 Å². The third kappa shape index (κ3) is 3.93. The Morgan fingerprint density at radius 1 is 1.16 bits per heavy atom. The van der Waals surface area contributed by atoms with Crippen molar-refractivity contribution in [3.05, 3.63) is 0 Å². The van der Waals surface area contributed by atoms with Crippen molar-refractivity contribution in [1.82, 2.24) is 10.2 Å². The highest BCUT2D eigenvalue weighted by Crippen LogP contribution is 2.24. The molecular formula is C14H27N3O2. The molecule has 0 atom stereocenters. The normalized spacial score (nSPS) is 16.3. The van der Waals surface area contributed by atoms with Crippen molar-refractivity contribution in [3.8, 4) is 0 Å². The molecule has 0 spiro atoms. The number of carbonyl (C=O) groups excluding carboxylic acids is 2. The molecule has 3 N–H and O–H groups in total. The molecule has 0 radical (unpaired) electrons. The van der Waals surface area contributed by atoms with Crippen LogP contribution in [0, 0.1) is 5.41 Å². The van der Waals surface area contributed by atoms with Crippen LogP contribution in [0.5, 0.6) is 0 Å². The third-order valence-corrected chi connectivity index (χ3v) is 4.33. The van der Waals surface area contributed by atoms with E-state index in [-0.39, 0.29) is 18.4 Å². The maximum Gasteiger partial charge on any atom is 0.241 e. The second-order valence-corrected chi connectivity index (χ2v) is 5.32. The average molecular weight is 269 g/mol. The zero-order valence-electron chi connectivity index (χ0n) is 12.2. The molecule has 1 heterocycles. The predicted octanol–water partition coefficient (Wildman–Crippen LogP) is 0.880. The van der Waals surface area contributed by atoms with Crippen LogP contribution in [0.2, 0.25) is 0 Å². The topological polar surface area (TPSA) is 75.4 Å². The summed E-state index contributed by atoms with van der Waals surface area (Å²) in [5.41, 5.74) is 5.20. The molecule has 1 aliphatic heterocycles. The van der Waals surface area contributed by atoms with Crippen LogP contribution in [0.15, 0.2) is 0 Å². The molecule has 0 saturated carbocycles. The molecule has 5 heteroatoms. The van der Waals surface area contributed by atoms with E-state index in [2.05, 4.69) is 5.32 Å². The van der Waals surface area contributed by atoms with Gasteiger partial charge in [-0.1, -0.05) is 13.8 Å². The van der Waals surface area contributed by atoms with Gasteiger partial charge in [0.2, 0.25) is 11.8 Å². The molecule has 110 valence electrons. The van der Waals surface area contributed by atoms with Crippen molar-refractivity contribution in [3.63, 3.8) is 0 Å². The van der Waals surface area contributed by atoms with Gasteiger partial charge in [0.05, 0.1) is 12.0 Å². The van der Waals surface area contributed by atoms with Gasteiger partial charge in [-0.25, -0.2) is 0 Å². The molecule has 19 heavy (non-hydrogen) atoms. The second kappa shape index (κ2) is 7.48. The van der Waals surface area contributed by atoms with Gasteiger partial charge in [0.15, 0.2) is 0 Å². The second-order valence-electron chi connectivity index (χ2n) is 5.32. The molecule has 5 nitrogen and oxygen atoms in total. The van der Waals surface area contributed by atoms with Crippen LogP contribution in [-0.4, -0.2) is 42.9 Å². The Balaban J connectivity index is 2.46. The minimum Gasteiger partial charge on any atom is -0.347 e. The summed E-state index contributed by atoms with van der Waals surface area (Å²) >= 11 is 0. The van der Waals surface area contributed by atoms with Gasteiger partial charge in [0, 0.05) is 19.6 Å². The van der Waals surface area contributed by atoms with E-state index in [9.17, 15) is 9.59 Å². The zero-order chi connectivity index (χ0) is 14.3. The summed E-state index contributed by atoms with van der Waals surface area (Å²) in [5.74, 6) is -0.0727. The molecule has 0 bridgehead atoms. The number of rotatable bonds is 6. The van der Waals surface area contributed by atoms with Gasteiger partial charge in [0.25, 0.3) is 0 Å². The molecule has 0 aromatic rings. The maximum atomic E-state index is 12.2. The van der Waals surface area contributed by atoms with Gasteiger partial charge in [-0.15, -0.1) is 0 Å². The van der Waals surface area contributed by atoms with Crippen molar-refractivity contribution in [1.29, 1.82) is 0 Å². The van der Waals surface area contributed by atoms with Gasteiger partial charge >= 0.3 is 0 Å². The number of carbonyl (C=O) groups is 2. The number of likely N-dealkylation sites (tertiary alicyclic amines) is 1. The third-order valence-electron chi connectivity index (χ3n) is 4.33. The summed E-state index contributed by atoms with van der Waals surface area (Å²) < 4.78 is 0. The lowest BCUT2D eigenvalue weighted by atomic mass is 9.81. The van der Waals surface area contributed by atoms with Gasteiger partial charge in [0.1, 0.15) is 0 Å². The van der Waals surface area contributed by atoms with Crippen LogP contribution < -0.4 is 11.1 Å². The molecule has 0 aliphatic carbocycles. The standard InChI is InChI=1S/C14H27N3O2/c1-3-14(4-2,11-15)13(19)16-10-12(18)17-8-6-5-7-9-17/h3-11,15H2,1-2H3,(H,16,19). The quantitative estimate of drug-likeness (QED) is 0.751. The first-order valence-corrected chi connectivity index (χ1v) is 7.35. The molecule has 1 aliphatic rings. The van der Waals surface area contributed by atoms with Gasteiger partial charge in [-0.05, 0) is 32.1 Å².